The lowest BCUT2D eigenvalue weighted by Gasteiger charge is -2.07. The van der Waals surface area contributed by atoms with Crippen LogP contribution < -0.4 is 10.9 Å². The van der Waals surface area contributed by atoms with Crippen molar-refractivity contribution < 1.29 is 9.32 Å². The molecule has 22 heavy (non-hydrogen) atoms. The standard InChI is InChI=1S/C16H15N3O3/c1-2-19-10-11(7-8-16(19)21)17-15(20)9-13-12-5-3-4-6-14(12)22-18-13/h3-8,10H,2,9H2,1H3,(H,17,20). The molecule has 112 valence electrons. The molecule has 6 heteroatoms. The Morgan fingerprint density at radius 3 is 2.91 bits per heavy atom. The Morgan fingerprint density at radius 2 is 2.09 bits per heavy atom. The molecule has 0 bridgehead atoms. The summed E-state index contributed by atoms with van der Waals surface area (Å²) in [6, 6.07) is 10.4. The summed E-state index contributed by atoms with van der Waals surface area (Å²) in [6.07, 6.45) is 1.74. The van der Waals surface area contributed by atoms with E-state index in [2.05, 4.69) is 10.5 Å². The van der Waals surface area contributed by atoms with E-state index < -0.39 is 0 Å². The normalized spacial score (nSPS) is 10.8. The molecule has 0 radical (unpaired) electrons. The Hall–Kier alpha value is -2.89. The molecule has 0 aliphatic rings. The number of hydrogen-bond donors (Lipinski definition) is 1. The van der Waals surface area contributed by atoms with Crippen LogP contribution in [0.1, 0.15) is 12.6 Å². The first-order valence-electron chi connectivity index (χ1n) is 7.01. The number of para-hydroxylation sites is 1. The van der Waals surface area contributed by atoms with E-state index in [0.29, 0.717) is 23.5 Å². The Bertz CT molecular complexity index is 879. The van der Waals surface area contributed by atoms with Crippen LogP contribution >= 0.6 is 0 Å². The Morgan fingerprint density at radius 1 is 1.27 bits per heavy atom. The Labute approximate surface area is 126 Å². The smallest absolute Gasteiger partial charge is 0.250 e. The van der Waals surface area contributed by atoms with E-state index >= 15 is 0 Å². The molecule has 0 fully saturated rings. The number of carbonyl (C=O) groups is 1. The van der Waals surface area contributed by atoms with E-state index in [9.17, 15) is 9.59 Å². The third kappa shape index (κ3) is 2.76. The molecular formula is C16H15N3O3. The van der Waals surface area contributed by atoms with Crippen LogP contribution in [-0.4, -0.2) is 15.6 Å². The highest BCUT2D eigenvalue weighted by molar-refractivity contribution is 5.94. The third-order valence-electron chi connectivity index (χ3n) is 3.39. The highest BCUT2D eigenvalue weighted by Crippen LogP contribution is 2.18. The van der Waals surface area contributed by atoms with Crippen molar-refractivity contribution in [2.24, 2.45) is 0 Å². The van der Waals surface area contributed by atoms with Gasteiger partial charge in [-0.2, -0.15) is 0 Å². The van der Waals surface area contributed by atoms with Crippen LogP contribution in [0.2, 0.25) is 0 Å². The van der Waals surface area contributed by atoms with Gasteiger partial charge in [-0.3, -0.25) is 9.59 Å². The van der Waals surface area contributed by atoms with Crippen molar-refractivity contribution in [3.63, 3.8) is 0 Å². The average Bonchev–Trinajstić information content (AvgIpc) is 2.92. The minimum absolute atomic E-state index is 0.0944. The summed E-state index contributed by atoms with van der Waals surface area (Å²) in [7, 11) is 0. The summed E-state index contributed by atoms with van der Waals surface area (Å²) >= 11 is 0. The lowest BCUT2D eigenvalue weighted by Crippen LogP contribution is -2.20. The van der Waals surface area contributed by atoms with Gasteiger partial charge in [0.2, 0.25) is 5.91 Å². The fourth-order valence-corrected chi connectivity index (χ4v) is 2.28. The maximum atomic E-state index is 12.1. The van der Waals surface area contributed by atoms with Crippen molar-refractivity contribution >= 4 is 22.6 Å². The maximum absolute atomic E-state index is 12.1. The number of pyridine rings is 1. The SMILES string of the molecule is CCn1cc(NC(=O)Cc2noc3ccccc23)ccc1=O. The van der Waals surface area contributed by atoms with Crippen LogP contribution in [0.4, 0.5) is 5.69 Å². The largest absolute Gasteiger partial charge is 0.356 e. The lowest BCUT2D eigenvalue weighted by molar-refractivity contribution is -0.115. The summed E-state index contributed by atoms with van der Waals surface area (Å²) in [5.74, 6) is -0.208. The first-order chi connectivity index (χ1) is 10.7. The fraction of sp³-hybridized carbons (Fsp3) is 0.188. The molecule has 0 unspecified atom stereocenters. The maximum Gasteiger partial charge on any atom is 0.250 e. The van der Waals surface area contributed by atoms with Gasteiger partial charge in [-0.1, -0.05) is 17.3 Å². The zero-order chi connectivity index (χ0) is 15.5. The molecule has 1 aromatic carbocycles. The molecule has 0 saturated carbocycles. The molecule has 3 rings (SSSR count). The summed E-state index contributed by atoms with van der Waals surface area (Å²) in [5.41, 5.74) is 1.74. The van der Waals surface area contributed by atoms with Crippen molar-refractivity contribution in [2.75, 3.05) is 5.32 Å². The van der Waals surface area contributed by atoms with E-state index in [4.69, 9.17) is 4.52 Å². The van der Waals surface area contributed by atoms with Gasteiger partial charge in [-0.05, 0) is 25.1 Å². The summed E-state index contributed by atoms with van der Waals surface area (Å²) in [4.78, 5) is 23.6. The summed E-state index contributed by atoms with van der Waals surface area (Å²) in [6.45, 7) is 2.42. The molecule has 0 atom stereocenters. The van der Waals surface area contributed by atoms with Gasteiger partial charge in [-0.25, -0.2) is 0 Å². The Kier molecular flexibility index (Phi) is 3.74. The van der Waals surface area contributed by atoms with Crippen molar-refractivity contribution in [1.29, 1.82) is 0 Å². The molecule has 3 aromatic rings. The number of fused-ring (bicyclic) bond motifs is 1. The van der Waals surface area contributed by atoms with Crippen molar-refractivity contribution in [1.82, 2.24) is 9.72 Å². The predicted octanol–water partition coefficient (Wildman–Crippen LogP) is 2.19. The van der Waals surface area contributed by atoms with Crippen LogP contribution in [-0.2, 0) is 17.8 Å². The third-order valence-corrected chi connectivity index (χ3v) is 3.39. The van der Waals surface area contributed by atoms with Gasteiger partial charge in [0.15, 0.2) is 5.58 Å². The number of benzene rings is 1. The molecule has 2 heterocycles. The first kappa shape index (κ1) is 14.1. The molecule has 1 N–H and O–H groups in total. The van der Waals surface area contributed by atoms with Gasteiger partial charge in [-0.15, -0.1) is 0 Å². The molecular weight excluding hydrogens is 282 g/mol. The van der Waals surface area contributed by atoms with E-state index in [1.807, 2.05) is 25.1 Å². The number of carbonyl (C=O) groups excluding carboxylic acids is 1. The monoisotopic (exact) mass is 297 g/mol. The number of nitrogens with zero attached hydrogens (tertiary/aromatic N) is 2. The average molecular weight is 297 g/mol. The number of aromatic nitrogens is 2. The van der Waals surface area contributed by atoms with Gasteiger partial charge in [0.25, 0.3) is 5.56 Å². The van der Waals surface area contributed by atoms with Crippen LogP contribution in [0.15, 0.2) is 51.9 Å². The number of hydrogen-bond acceptors (Lipinski definition) is 4. The molecule has 1 amide bonds. The van der Waals surface area contributed by atoms with Crippen LogP contribution in [0.5, 0.6) is 0 Å². The zero-order valence-corrected chi connectivity index (χ0v) is 12.1. The number of anilines is 1. The van der Waals surface area contributed by atoms with Crippen molar-refractivity contribution in [3.8, 4) is 0 Å². The second kappa shape index (κ2) is 5.85. The number of amides is 1. The van der Waals surface area contributed by atoms with E-state index in [1.165, 1.54) is 10.6 Å². The van der Waals surface area contributed by atoms with Gasteiger partial charge < -0.3 is 14.4 Å². The number of aryl methyl sites for hydroxylation is 1. The number of nitrogens with one attached hydrogen (secondary N) is 1. The topological polar surface area (TPSA) is 77.1 Å². The highest BCUT2D eigenvalue weighted by atomic mass is 16.5. The summed E-state index contributed by atoms with van der Waals surface area (Å²) in [5, 5.41) is 7.53. The highest BCUT2D eigenvalue weighted by Gasteiger charge is 2.12. The van der Waals surface area contributed by atoms with Crippen LogP contribution in [0.3, 0.4) is 0 Å². The fourth-order valence-electron chi connectivity index (χ4n) is 2.28. The van der Waals surface area contributed by atoms with Crippen molar-refractivity contribution in [2.45, 2.75) is 19.9 Å². The molecule has 0 spiro atoms. The van der Waals surface area contributed by atoms with Crippen LogP contribution in [0, 0.1) is 0 Å². The van der Waals surface area contributed by atoms with E-state index in [1.54, 1.807) is 18.3 Å². The van der Waals surface area contributed by atoms with Gasteiger partial charge in [0.1, 0.15) is 5.69 Å². The second-order valence-electron chi connectivity index (χ2n) is 4.89. The molecule has 0 saturated heterocycles. The van der Waals surface area contributed by atoms with E-state index in [-0.39, 0.29) is 17.9 Å². The van der Waals surface area contributed by atoms with Gasteiger partial charge >= 0.3 is 0 Å². The van der Waals surface area contributed by atoms with Gasteiger partial charge in [0, 0.05) is 24.2 Å². The molecule has 6 nitrogen and oxygen atoms in total. The molecule has 0 aliphatic heterocycles. The van der Waals surface area contributed by atoms with Gasteiger partial charge in [0.05, 0.1) is 12.1 Å². The summed E-state index contributed by atoms with van der Waals surface area (Å²) < 4.78 is 6.71. The minimum Gasteiger partial charge on any atom is -0.356 e. The quantitative estimate of drug-likeness (QED) is 0.800. The lowest BCUT2D eigenvalue weighted by atomic mass is 10.1. The molecule has 2 aromatic heterocycles. The zero-order valence-electron chi connectivity index (χ0n) is 12.1. The minimum atomic E-state index is -0.208. The first-order valence-corrected chi connectivity index (χ1v) is 7.01. The van der Waals surface area contributed by atoms with Crippen LogP contribution in [0.25, 0.3) is 11.0 Å². The number of rotatable bonds is 4. The predicted molar refractivity (Wildman–Crippen MR) is 82.7 cm³/mol. The van der Waals surface area contributed by atoms with Crippen molar-refractivity contribution in [3.05, 3.63) is 58.6 Å². The second-order valence-corrected chi connectivity index (χ2v) is 4.89. The van der Waals surface area contributed by atoms with E-state index in [0.717, 1.165) is 5.39 Å². The molecule has 0 aliphatic carbocycles. The Balaban J connectivity index is 1.76.